The lowest BCUT2D eigenvalue weighted by Crippen LogP contribution is -2.37. The van der Waals surface area contributed by atoms with Crippen LogP contribution in [0, 0.1) is 0 Å². The highest BCUT2D eigenvalue weighted by molar-refractivity contribution is 7.89. The Labute approximate surface area is 163 Å². The molecule has 9 heteroatoms. The number of hydrogen-bond acceptors (Lipinski definition) is 5. The molecule has 3 N–H and O–H groups in total. The third-order valence-corrected chi connectivity index (χ3v) is 6.41. The molecule has 0 bridgehead atoms. The summed E-state index contributed by atoms with van der Waals surface area (Å²) in [5.74, 6) is -0.191. The lowest BCUT2D eigenvalue weighted by molar-refractivity contribution is 0.0950. The Kier molecular flexibility index (Phi) is 7.60. The summed E-state index contributed by atoms with van der Waals surface area (Å²) in [5, 5.41) is 8.10. The highest BCUT2D eigenvalue weighted by atomic mass is 35.5. The van der Waals surface area contributed by atoms with Gasteiger partial charge in [0.2, 0.25) is 10.0 Å². The molecule has 1 aliphatic heterocycles. The predicted octanol–water partition coefficient (Wildman–Crippen LogP) is 2.13. The van der Waals surface area contributed by atoms with Gasteiger partial charge in [0.25, 0.3) is 5.91 Å². The van der Waals surface area contributed by atoms with Gasteiger partial charge in [0.1, 0.15) is 0 Å². The van der Waals surface area contributed by atoms with Crippen LogP contribution in [0.2, 0.25) is 0 Å². The van der Waals surface area contributed by atoms with E-state index >= 15 is 0 Å². The van der Waals surface area contributed by atoms with Gasteiger partial charge in [-0.1, -0.05) is 6.07 Å². The minimum atomic E-state index is -3.59. The van der Waals surface area contributed by atoms with Crippen LogP contribution in [-0.4, -0.2) is 33.5 Å². The van der Waals surface area contributed by atoms with Crippen molar-refractivity contribution in [1.82, 2.24) is 15.4 Å². The van der Waals surface area contributed by atoms with Gasteiger partial charge < -0.3 is 10.6 Å². The van der Waals surface area contributed by atoms with Crippen LogP contribution < -0.4 is 15.4 Å². The summed E-state index contributed by atoms with van der Waals surface area (Å²) in [4.78, 5) is 13.2. The highest BCUT2D eigenvalue weighted by Gasteiger charge is 2.17. The molecule has 0 saturated carbocycles. The number of thiophene rings is 1. The van der Waals surface area contributed by atoms with E-state index in [9.17, 15) is 13.2 Å². The Morgan fingerprint density at radius 2 is 2.00 bits per heavy atom. The maximum absolute atomic E-state index is 12.3. The van der Waals surface area contributed by atoms with E-state index in [1.54, 1.807) is 0 Å². The molecule has 1 atom stereocenters. The molecule has 1 amide bonds. The number of hydrogen-bond donors (Lipinski definition) is 3. The minimum Gasteiger partial charge on any atom is -0.350 e. The Bertz CT molecular complexity index is 802. The lowest BCUT2D eigenvalue weighted by atomic mass is 10.2. The largest absolute Gasteiger partial charge is 0.350 e. The summed E-state index contributed by atoms with van der Waals surface area (Å²) >= 11 is 1.50. The van der Waals surface area contributed by atoms with Crippen molar-refractivity contribution in [3.05, 3.63) is 52.2 Å². The normalized spacial score (nSPS) is 16.8. The topological polar surface area (TPSA) is 87.3 Å². The number of amides is 1. The van der Waals surface area contributed by atoms with Gasteiger partial charge in [0.15, 0.2) is 0 Å². The first-order valence-electron chi connectivity index (χ1n) is 8.18. The van der Waals surface area contributed by atoms with Crippen molar-refractivity contribution in [2.75, 3.05) is 13.1 Å². The number of nitrogens with one attached hydrogen (secondary N) is 3. The SMILES string of the molecule is Cl.O=C(NCC1CCCN1)c1ccc(S(=O)(=O)NCc2cccs2)cc1. The van der Waals surface area contributed by atoms with Crippen molar-refractivity contribution in [3.63, 3.8) is 0 Å². The van der Waals surface area contributed by atoms with Crippen molar-refractivity contribution in [3.8, 4) is 0 Å². The molecule has 1 aliphatic rings. The second-order valence-corrected chi connectivity index (χ2v) is 8.73. The second kappa shape index (κ2) is 9.48. The summed E-state index contributed by atoms with van der Waals surface area (Å²) in [5.41, 5.74) is 0.454. The molecule has 0 aliphatic carbocycles. The van der Waals surface area contributed by atoms with Crippen molar-refractivity contribution in [1.29, 1.82) is 0 Å². The highest BCUT2D eigenvalue weighted by Crippen LogP contribution is 2.13. The Hall–Kier alpha value is -1.45. The number of rotatable bonds is 7. The monoisotopic (exact) mass is 415 g/mol. The first kappa shape index (κ1) is 20.9. The van der Waals surface area contributed by atoms with Crippen LogP contribution in [0.4, 0.5) is 0 Å². The first-order valence-corrected chi connectivity index (χ1v) is 10.5. The molecule has 142 valence electrons. The number of sulfonamides is 1. The summed E-state index contributed by atoms with van der Waals surface area (Å²) in [6.45, 7) is 1.84. The number of carbonyl (C=O) groups excluding carboxylic acids is 1. The Balaban J connectivity index is 0.00000243. The van der Waals surface area contributed by atoms with Crippen LogP contribution >= 0.6 is 23.7 Å². The average Bonchev–Trinajstić information content (AvgIpc) is 3.31. The van der Waals surface area contributed by atoms with Gasteiger partial charge in [-0.15, -0.1) is 23.7 Å². The fourth-order valence-electron chi connectivity index (χ4n) is 2.70. The lowest BCUT2D eigenvalue weighted by Gasteiger charge is -2.12. The number of halogens is 1. The maximum atomic E-state index is 12.3. The van der Waals surface area contributed by atoms with E-state index in [0.717, 1.165) is 24.3 Å². The van der Waals surface area contributed by atoms with Crippen molar-refractivity contribution in [2.24, 2.45) is 0 Å². The van der Waals surface area contributed by atoms with E-state index < -0.39 is 10.0 Å². The fraction of sp³-hybridized carbons (Fsp3) is 0.353. The molecule has 1 aromatic carbocycles. The molecule has 2 aromatic rings. The first-order chi connectivity index (χ1) is 12.0. The van der Waals surface area contributed by atoms with Gasteiger partial charge in [0, 0.05) is 29.6 Å². The number of benzene rings is 1. The van der Waals surface area contributed by atoms with Gasteiger partial charge in [0.05, 0.1) is 4.90 Å². The summed E-state index contributed by atoms with van der Waals surface area (Å²) in [6, 6.07) is 10.1. The standard InChI is InChI=1S/C17H21N3O3S2.ClH/c21-17(19-11-14-3-1-9-18-14)13-5-7-16(8-6-13)25(22,23)20-12-15-4-2-10-24-15;/h2,4-8,10,14,18,20H,1,3,9,11-12H2,(H,19,21);1H. The second-order valence-electron chi connectivity index (χ2n) is 5.93. The van der Waals surface area contributed by atoms with E-state index in [-0.39, 0.29) is 29.8 Å². The molecule has 1 fully saturated rings. The van der Waals surface area contributed by atoms with Crippen LogP contribution in [0.15, 0.2) is 46.7 Å². The van der Waals surface area contributed by atoms with Crippen LogP contribution in [0.3, 0.4) is 0 Å². The molecule has 1 unspecified atom stereocenters. The molecule has 0 radical (unpaired) electrons. The van der Waals surface area contributed by atoms with Crippen LogP contribution in [0.1, 0.15) is 28.1 Å². The number of carbonyl (C=O) groups is 1. The van der Waals surface area contributed by atoms with Crippen LogP contribution in [-0.2, 0) is 16.6 Å². The third-order valence-electron chi connectivity index (χ3n) is 4.11. The summed E-state index contributed by atoms with van der Waals surface area (Å²) < 4.78 is 27.1. The zero-order valence-electron chi connectivity index (χ0n) is 14.1. The zero-order valence-corrected chi connectivity index (χ0v) is 16.6. The maximum Gasteiger partial charge on any atom is 0.251 e. The van der Waals surface area contributed by atoms with Gasteiger partial charge >= 0.3 is 0 Å². The molecule has 0 spiro atoms. The van der Waals surface area contributed by atoms with Crippen LogP contribution in [0.5, 0.6) is 0 Å². The van der Waals surface area contributed by atoms with Crippen molar-refractivity contribution < 1.29 is 13.2 Å². The van der Waals surface area contributed by atoms with E-state index in [0.29, 0.717) is 18.2 Å². The van der Waals surface area contributed by atoms with Gasteiger partial charge in [-0.05, 0) is 55.1 Å². The summed E-state index contributed by atoms with van der Waals surface area (Å²) in [6.07, 6.45) is 2.19. The molecule has 2 heterocycles. The van der Waals surface area contributed by atoms with E-state index in [1.807, 2.05) is 17.5 Å². The molecule has 26 heavy (non-hydrogen) atoms. The minimum absolute atomic E-state index is 0. The zero-order chi connectivity index (χ0) is 17.7. The van der Waals surface area contributed by atoms with E-state index in [4.69, 9.17) is 0 Å². The quantitative estimate of drug-likeness (QED) is 0.646. The average molecular weight is 416 g/mol. The predicted molar refractivity (Wildman–Crippen MR) is 105 cm³/mol. The molecule has 6 nitrogen and oxygen atoms in total. The smallest absolute Gasteiger partial charge is 0.251 e. The van der Waals surface area contributed by atoms with Gasteiger partial charge in [-0.3, -0.25) is 4.79 Å². The molecular formula is C17H22ClN3O3S2. The summed E-state index contributed by atoms with van der Waals surface area (Å²) in [7, 11) is -3.59. The molecular weight excluding hydrogens is 394 g/mol. The van der Waals surface area contributed by atoms with Crippen molar-refractivity contribution >= 4 is 39.7 Å². The Morgan fingerprint density at radius 3 is 2.62 bits per heavy atom. The van der Waals surface area contributed by atoms with Gasteiger partial charge in [-0.25, -0.2) is 13.1 Å². The van der Waals surface area contributed by atoms with Gasteiger partial charge in [-0.2, -0.15) is 0 Å². The molecule has 1 saturated heterocycles. The Morgan fingerprint density at radius 1 is 1.23 bits per heavy atom. The van der Waals surface area contributed by atoms with Crippen LogP contribution in [0.25, 0.3) is 0 Å². The molecule has 1 aromatic heterocycles. The van der Waals surface area contributed by atoms with E-state index in [1.165, 1.54) is 35.6 Å². The van der Waals surface area contributed by atoms with E-state index in [2.05, 4.69) is 15.4 Å². The van der Waals surface area contributed by atoms with Crippen molar-refractivity contribution in [2.45, 2.75) is 30.3 Å². The molecule has 3 rings (SSSR count). The third kappa shape index (κ3) is 5.52. The fourth-order valence-corrected chi connectivity index (χ4v) is 4.44.